The standard InChI is InChI=1S/C31H29F4NO4/c1-3-4-12-36-28(37)17-40-27-7-5-6-22(31(27)39-2)23-13-19(18-8-10-20(32)11-9-18)14-24(23)30(38)29-25(34)15-21(33)16-26(29)35/h5-11,14-16,19,23H,3-4,12-13,17H2,1-2H3,(H,36,37). The van der Waals surface area contributed by atoms with Crippen molar-refractivity contribution < 1.29 is 36.6 Å². The number of benzene rings is 3. The number of ketones is 1. The highest BCUT2D eigenvalue weighted by Crippen LogP contribution is 2.49. The first-order chi connectivity index (χ1) is 19.2. The number of para-hydroxylation sites is 1. The van der Waals surface area contributed by atoms with Gasteiger partial charge in [0.2, 0.25) is 0 Å². The van der Waals surface area contributed by atoms with Gasteiger partial charge in [-0.2, -0.15) is 0 Å². The number of hydrogen-bond donors (Lipinski definition) is 1. The molecule has 4 rings (SSSR count). The molecule has 2 unspecified atom stereocenters. The number of hydrogen-bond acceptors (Lipinski definition) is 4. The fourth-order valence-corrected chi connectivity index (χ4v) is 4.89. The van der Waals surface area contributed by atoms with Gasteiger partial charge in [0.25, 0.3) is 5.91 Å². The molecule has 0 bridgehead atoms. The number of rotatable bonds is 11. The highest BCUT2D eigenvalue weighted by atomic mass is 19.1. The quantitative estimate of drug-likeness (QED) is 0.164. The lowest BCUT2D eigenvalue weighted by Crippen LogP contribution is -2.29. The summed E-state index contributed by atoms with van der Waals surface area (Å²) >= 11 is 0. The SMILES string of the molecule is CCCCNC(=O)COc1cccc(C2CC(c3ccc(F)cc3)C=C2C(=O)c2c(F)cc(F)cc2F)c1OC. The molecule has 210 valence electrons. The Morgan fingerprint density at radius 1 is 0.975 bits per heavy atom. The van der Waals surface area contributed by atoms with Crippen molar-refractivity contribution in [2.45, 2.75) is 38.0 Å². The summed E-state index contributed by atoms with van der Waals surface area (Å²) in [5.41, 5.74) is 0.405. The van der Waals surface area contributed by atoms with Crippen molar-refractivity contribution in [3.63, 3.8) is 0 Å². The molecule has 40 heavy (non-hydrogen) atoms. The largest absolute Gasteiger partial charge is 0.493 e. The topological polar surface area (TPSA) is 64.6 Å². The van der Waals surface area contributed by atoms with Gasteiger partial charge < -0.3 is 14.8 Å². The van der Waals surface area contributed by atoms with E-state index in [2.05, 4.69) is 5.32 Å². The molecular formula is C31H29F4NO4. The average molecular weight is 556 g/mol. The van der Waals surface area contributed by atoms with Gasteiger partial charge in [0.15, 0.2) is 23.9 Å². The molecule has 0 radical (unpaired) electrons. The van der Waals surface area contributed by atoms with E-state index in [1.54, 1.807) is 36.4 Å². The van der Waals surface area contributed by atoms with Gasteiger partial charge in [0, 0.05) is 41.6 Å². The van der Waals surface area contributed by atoms with Crippen LogP contribution in [0.5, 0.6) is 11.5 Å². The summed E-state index contributed by atoms with van der Waals surface area (Å²) in [5, 5.41) is 2.76. The molecule has 0 spiro atoms. The van der Waals surface area contributed by atoms with Crippen LogP contribution in [0.2, 0.25) is 0 Å². The van der Waals surface area contributed by atoms with Gasteiger partial charge in [0.1, 0.15) is 23.3 Å². The lowest BCUT2D eigenvalue weighted by atomic mass is 9.86. The summed E-state index contributed by atoms with van der Waals surface area (Å²) in [5.74, 6) is -6.04. The first-order valence-corrected chi connectivity index (χ1v) is 13.0. The summed E-state index contributed by atoms with van der Waals surface area (Å²) in [4.78, 5) is 25.8. The Morgan fingerprint density at radius 2 is 1.68 bits per heavy atom. The van der Waals surface area contributed by atoms with E-state index in [4.69, 9.17) is 9.47 Å². The van der Waals surface area contributed by atoms with Gasteiger partial charge in [-0.15, -0.1) is 0 Å². The van der Waals surface area contributed by atoms with Gasteiger partial charge in [-0.3, -0.25) is 9.59 Å². The molecule has 1 amide bonds. The van der Waals surface area contributed by atoms with Gasteiger partial charge in [-0.25, -0.2) is 17.6 Å². The number of amides is 1. The number of Topliss-reactive ketones (excluding diaryl/α,β-unsaturated/α-hetero) is 1. The number of ether oxygens (including phenoxy) is 2. The summed E-state index contributed by atoms with van der Waals surface area (Å²) in [6.45, 7) is 2.27. The van der Waals surface area contributed by atoms with Crippen molar-refractivity contribution in [2.75, 3.05) is 20.3 Å². The van der Waals surface area contributed by atoms with Crippen LogP contribution in [0.1, 0.15) is 59.5 Å². The molecule has 3 aromatic rings. The molecule has 9 heteroatoms. The number of carbonyl (C=O) groups is 2. The lowest BCUT2D eigenvalue weighted by Gasteiger charge is -2.21. The van der Waals surface area contributed by atoms with E-state index in [0.29, 0.717) is 36.2 Å². The molecule has 1 aliphatic carbocycles. The van der Waals surface area contributed by atoms with Crippen molar-refractivity contribution in [1.29, 1.82) is 0 Å². The van der Waals surface area contributed by atoms with Crippen molar-refractivity contribution in [3.8, 4) is 11.5 Å². The Bertz CT molecular complexity index is 1400. The number of nitrogens with one attached hydrogen (secondary N) is 1. The summed E-state index contributed by atoms with van der Waals surface area (Å²) < 4.78 is 67.8. The van der Waals surface area contributed by atoms with Crippen molar-refractivity contribution >= 4 is 11.7 Å². The molecule has 0 heterocycles. The second-order valence-corrected chi connectivity index (χ2v) is 9.51. The maximum Gasteiger partial charge on any atom is 0.257 e. The Balaban J connectivity index is 1.71. The minimum Gasteiger partial charge on any atom is -0.493 e. The molecule has 3 aromatic carbocycles. The first kappa shape index (κ1) is 28.9. The van der Waals surface area contributed by atoms with E-state index in [0.717, 1.165) is 12.8 Å². The molecule has 0 saturated carbocycles. The summed E-state index contributed by atoms with van der Waals surface area (Å²) in [6, 6.07) is 11.6. The highest BCUT2D eigenvalue weighted by molar-refractivity contribution is 6.10. The van der Waals surface area contributed by atoms with Crippen molar-refractivity contribution in [1.82, 2.24) is 5.32 Å². The summed E-state index contributed by atoms with van der Waals surface area (Å²) in [6.07, 6.45) is 3.66. The van der Waals surface area contributed by atoms with Crippen LogP contribution in [0.15, 0.2) is 66.2 Å². The van der Waals surface area contributed by atoms with Crippen LogP contribution in [0.4, 0.5) is 17.6 Å². The molecule has 1 aliphatic rings. The van der Waals surface area contributed by atoms with Crippen molar-refractivity contribution in [2.24, 2.45) is 0 Å². The predicted molar refractivity (Wildman–Crippen MR) is 142 cm³/mol. The third kappa shape index (κ3) is 6.35. The second kappa shape index (κ2) is 12.8. The maximum absolute atomic E-state index is 14.7. The molecule has 0 aromatic heterocycles. The van der Waals surface area contributed by atoms with Crippen LogP contribution >= 0.6 is 0 Å². The normalized spacial score (nSPS) is 16.4. The van der Waals surface area contributed by atoms with Gasteiger partial charge in [0.05, 0.1) is 12.7 Å². The van der Waals surface area contributed by atoms with E-state index in [1.165, 1.54) is 19.2 Å². The first-order valence-electron chi connectivity index (χ1n) is 13.0. The zero-order chi connectivity index (χ0) is 28.8. The van der Waals surface area contributed by atoms with Gasteiger partial charge >= 0.3 is 0 Å². The van der Waals surface area contributed by atoms with Crippen LogP contribution in [-0.2, 0) is 4.79 Å². The number of methoxy groups -OCH3 is 1. The van der Waals surface area contributed by atoms with Crippen LogP contribution in [0.3, 0.4) is 0 Å². The number of halogens is 4. The van der Waals surface area contributed by atoms with Crippen LogP contribution in [0, 0.1) is 23.3 Å². The van der Waals surface area contributed by atoms with E-state index in [1.807, 2.05) is 6.92 Å². The summed E-state index contributed by atoms with van der Waals surface area (Å²) in [7, 11) is 1.41. The Labute approximate surface area is 229 Å². The smallest absolute Gasteiger partial charge is 0.257 e. The highest BCUT2D eigenvalue weighted by Gasteiger charge is 2.37. The Hall–Kier alpha value is -4.14. The maximum atomic E-state index is 14.7. The monoisotopic (exact) mass is 555 g/mol. The van der Waals surface area contributed by atoms with Crippen molar-refractivity contribution in [3.05, 3.63) is 106 Å². The minimum atomic E-state index is -1.31. The van der Waals surface area contributed by atoms with E-state index in [9.17, 15) is 27.2 Å². The van der Waals surface area contributed by atoms with Crippen LogP contribution < -0.4 is 14.8 Å². The second-order valence-electron chi connectivity index (χ2n) is 9.51. The zero-order valence-electron chi connectivity index (χ0n) is 22.1. The van der Waals surface area contributed by atoms with Crippen LogP contribution in [-0.4, -0.2) is 32.0 Å². The zero-order valence-corrected chi connectivity index (χ0v) is 22.1. The third-order valence-electron chi connectivity index (χ3n) is 6.84. The Kier molecular flexibility index (Phi) is 9.24. The number of allylic oxidation sites excluding steroid dienone is 2. The number of unbranched alkanes of at least 4 members (excludes halogenated alkanes) is 1. The molecule has 2 atom stereocenters. The molecule has 0 aliphatic heterocycles. The van der Waals surface area contributed by atoms with E-state index in [-0.39, 0.29) is 29.6 Å². The molecule has 1 N–H and O–H groups in total. The molecule has 0 saturated heterocycles. The molecular weight excluding hydrogens is 526 g/mol. The lowest BCUT2D eigenvalue weighted by molar-refractivity contribution is -0.123. The third-order valence-corrected chi connectivity index (χ3v) is 6.84. The van der Waals surface area contributed by atoms with Gasteiger partial charge in [-0.1, -0.05) is 43.7 Å². The molecule has 5 nitrogen and oxygen atoms in total. The average Bonchev–Trinajstić information content (AvgIpc) is 3.37. The van der Waals surface area contributed by atoms with E-state index < -0.39 is 46.5 Å². The predicted octanol–water partition coefficient (Wildman–Crippen LogP) is 6.63. The fraction of sp³-hybridized carbons (Fsp3) is 0.290. The molecule has 0 fully saturated rings. The minimum absolute atomic E-state index is 0.0755. The Morgan fingerprint density at radius 3 is 2.33 bits per heavy atom. The van der Waals surface area contributed by atoms with E-state index >= 15 is 0 Å². The number of carbonyl (C=O) groups excluding carboxylic acids is 2. The van der Waals surface area contributed by atoms with Gasteiger partial charge in [-0.05, 0) is 36.6 Å². The fourth-order valence-electron chi connectivity index (χ4n) is 4.89. The van der Waals surface area contributed by atoms with Crippen LogP contribution in [0.25, 0.3) is 0 Å².